The topological polar surface area (TPSA) is 92.8 Å². The molecule has 1 saturated heterocycles. The van der Waals surface area contributed by atoms with Crippen LogP contribution in [0.2, 0.25) is 0 Å². The molecule has 1 fully saturated rings. The number of imide groups is 1. The van der Waals surface area contributed by atoms with Crippen molar-refractivity contribution < 1.29 is 32.7 Å². The zero-order valence-electron chi connectivity index (χ0n) is 15.0. The fourth-order valence-electron chi connectivity index (χ4n) is 3.26. The monoisotopic (exact) mass is 392 g/mol. The van der Waals surface area contributed by atoms with E-state index in [9.17, 15) is 28.0 Å². The molecule has 28 heavy (non-hydrogen) atoms. The zero-order valence-corrected chi connectivity index (χ0v) is 15.0. The van der Waals surface area contributed by atoms with Gasteiger partial charge < -0.3 is 10.1 Å². The van der Waals surface area contributed by atoms with Crippen LogP contribution in [0, 0.1) is 23.5 Å². The first-order valence-corrected chi connectivity index (χ1v) is 8.73. The zero-order chi connectivity index (χ0) is 20.4. The summed E-state index contributed by atoms with van der Waals surface area (Å²) < 4.78 is 31.1. The molecule has 148 valence electrons. The third kappa shape index (κ3) is 3.92. The van der Waals surface area contributed by atoms with Gasteiger partial charge in [0.2, 0.25) is 11.8 Å². The van der Waals surface area contributed by atoms with E-state index < -0.39 is 59.8 Å². The summed E-state index contributed by atoms with van der Waals surface area (Å²) in [5, 5.41) is 2.29. The Kier molecular flexibility index (Phi) is 5.53. The van der Waals surface area contributed by atoms with E-state index in [1.807, 2.05) is 12.2 Å². The van der Waals surface area contributed by atoms with Crippen LogP contribution in [0.1, 0.15) is 19.8 Å². The van der Waals surface area contributed by atoms with Gasteiger partial charge in [-0.2, -0.15) is 0 Å². The van der Waals surface area contributed by atoms with E-state index in [4.69, 9.17) is 4.74 Å². The number of benzene rings is 1. The van der Waals surface area contributed by atoms with Gasteiger partial charge in [-0.05, 0) is 31.9 Å². The average molecular weight is 392 g/mol. The Morgan fingerprint density at radius 3 is 2.32 bits per heavy atom. The maximum absolute atomic E-state index is 13.2. The maximum Gasteiger partial charge on any atom is 0.326 e. The molecule has 1 aliphatic heterocycles. The van der Waals surface area contributed by atoms with Crippen molar-refractivity contribution in [2.75, 3.05) is 11.9 Å². The van der Waals surface area contributed by atoms with Gasteiger partial charge in [0.15, 0.2) is 17.7 Å². The van der Waals surface area contributed by atoms with Crippen molar-refractivity contribution in [3.8, 4) is 0 Å². The Morgan fingerprint density at radius 2 is 1.75 bits per heavy atom. The first-order chi connectivity index (χ1) is 13.3. The molecule has 1 heterocycles. The first kappa shape index (κ1) is 19.7. The number of amides is 3. The number of fused-ring (bicyclic) bond motifs is 1. The standard InChI is InChI=1S/C19H18F2N2O5/c1-10(17(25)22-11-6-7-14(20)15(21)8-11)28-16(24)9-23-18(26)12-4-2-3-5-13(12)19(23)27/h2-3,6-8,10,12-13H,4-5,9H2,1H3,(H,22,25)/t10-,12-,13+/m0/s1. The van der Waals surface area contributed by atoms with Crippen molar-refractivity contribution in [1.29, 1.82) is 0 Å². The normalized spacial score (nSPS) is 22.0. The molecule has 3 rings (SSSR count). The predicted octanol–water partition coefficient (Wildman–Crippen LogP) is 1.79. The number of halogens is 2. The third-order valence-corrected chi connectivity index (χ3v) is 4.75. The molecule has 0 unspecified atom stereocenters. The van der Waals surface area contributed by atoms with Gasteiger partial charge >= 0.3 is 5.97 Å². The van der Waals surface area contributed by atoms with Crippen LogP contribution in [-0.4, -0.2) is 41.2 Å². The Labute approximate surface area is 159 Å². The number of carbonyl (C=O) groups is 4. The Hall–Kier alpha value is -3.10. The predicted molar refractivity (Wildman–Crippen MR) is 92.6 cm³/mol. The molecule has 0 saturated carbocycles. The SMILES string of the molecule is C[C@H](OC(=O)CN1C(=O)[C@H]2CC=CC[C@H]2C1=O)C(=O)Nc1ccc(F)c(F)c1. The van der Waals surface area contributed by atoms with E-state index in [1.165, 1.54) is 6.92 Å². The Balaban J connectivity index is 1.55. The van der Waals surface area contributed by atoms with Gasteiger partial charge in [-0.15, -0.1) is 0 Å². The number of ether oxygens (including phenoxy) is 1. The summed E-state index contributed by atoms with van der Waals surface area (Å²) in [6.45, 7) is 0.706. The highest BCUT2D eigenvalue weighted by Gasteiger charge is 2.47. The lowest BCUT2D eigenvalue weighted by Gasteiger charge is -2.17. The van der Waals surface area contributed by atoms with Crippen molar-refractivity contribution in [2.45, 2.75) is 25.9 Å². The summed E-state index contributed by atoms with van der Waals surface area (Å²) in [6.07, 6.45) is 3.30. The summed E-state index contributed by atoms with van der Waals surface area (Å²) in [4.78, 5) is 49.7. The van der Waals surface area contributed by atoms with E-state index in [2.05, 4.69) is 5.32 Å². The third-order valence-electron chi connectivity index (χ3n) is 4.75. The minimum absolute atomic E-state index is 0.00623. The summed E-state index contributed by atoms with van der Waals surface area (Å²) in [6, 6.07) is 2.79. The van der Waals surface area contributed by atoms with Crippen LogP contribution in [-0.2, 0) is 23.9 Å². The van der Waals surface area contributed by atoms with Crippen molar-refractivity contribution in [3.05, 3.63) is 42.0 Å². The molecule has 1 aliphatic carbocycles. The molecule has 0 bridgehead atoms. The number of hydrogen-bond acceptors (Lipinski definition) is 5. The van der Waals surface area contributed by atoms with Gasteiger partial charge in [0.1, 0.15) is 6.54 Å². The fourth-order valence-corrected chi connectivity index (χ4v) is 3.26. The van der Waals surface area contributed by atoms with Gasteiger partial charge in [-0.3, -0.25) is 24.1 Å². The number of rotatable bonds is 5. The molecule has 7 nitrogen and oxygen atoms in total. The second-order valence-electron chi connectivity index (χ2n) is 6.67. The molecular formula is C19H18F2N2O5. The number of likely N-dealkylation sites (tertiary alicyclic amines) is 1. The number of hydrogen-bond donors (Lipinski definition) is 1. The summed E-state index contributed by atoms with van der Waals surface area (Å²) >= 11 is 0. The lowest BCUT2D eigenvalue weighted by atomic mass is 9.85. The lowest BCUT2D eigenvalue weighted by molar-refractivity contribution is -0.158. The lowest BCUT2D eigenvalue weighted by Crippen LogP contribution is -2.39. The smallest absolute Gasteiger partial charge is 0.326 e. The van der Waals surface area contributed by atoms with Crippen molar-refractivity contribution in [3.63, 3.8) is 0 Å². The number of nitrogens with one attached hydrogen (secondary N) is 1. The van der Waals surface area contributed by atoms with Crippen LogP contribution >= 0.6 is 0 Å². The highest BCUT2D eigenvalue weighted by Crippen LogP contribution is 2.34. The van der Waals surface area contributed by atoms with Crippen LogP contribution in [0.25, 0.3) is 0 Å². The van der Waals surface area contributed by atoms with Crippen LogP contribution in [0.15, 0.2) is 30.4 Å². The molecule has 2 aliphatic rings. The van der Waals surface area contributed by atoms with Gasteiger partial charge in [0.05, 0.1) is 11.8 Å². The minimum atomic E-state index is -1.27. The van der Waals surface area contributed by atoms with Crippen LogP contribution in [0.4, 0.5) is 14.5 Å². The molecule has 0 spiro atoms. The molecule has 3 amide bonds. The number of carbonyl (C=O) groups excluding carboxylic acids is 4. The van der Waals surface area contributed by atoms with Gasteiger partial charge in [-0.25, -0.2) is 8.78 Å². The van der Waals surface area contributed by atoms with E-state index in [0.717, 1.165) is 23.1 Å². The van der Waals surface area contributed by atoms with Crippen molar-refractivity contribution >= 4 is 29.4 Å². The van der Waals surface area contributed by atoms with E-state index in [0.29, 0.717) is 12.8 Å². The first-order valence-electron chi connectivity index (χ1n) is 8.73. The molecule has 0 radical (unpaired) electrons. The largest absolute Gasteiger partial charge is 0.451 e. The molecule has 1 aromatic rings. The summed E-state index contributed by atoms with van der Waals surface area (Å²) in [5.41, 5.74) is -0.00623. The van der Waals surface area contributed by atoms with Crippen molar-refractivity contribution in [2.24, 2.45) is 11.8 Å². The van der Waals surface area contributed by atoms with E-state index >= 15 is 0 Å². The molecular weight excluding hydrogens is 374 g/mol. The second-order valence-corrected chi connectivity index (χ2v) is 6.67. The van der Waals surface area contributed by atoms with Gasteiger partial charge in [-0.1, -0.05) is 12.2 Å². The second kappa shape index (κ2) is 7.87. The van der Waals surface area contributed by atoms with Crippen LogP contribution in [0.5, 0.6) is 0 Å². The number of allylic oxidation sites excluding steroid dienone is 2. The van der Waals surface area contributed by atoms with E-state index in [-0.39, 0.29) is 5.69 Å². The Morgan fingerprint density at radius 1 is 1.14 bits per heavy atom. The molecule has 1 N–H and O–H groups in total. The number of esters is 1. The summed E-state index contributed by atoms with van der Waals surface area (Å²) in [7, 11) is 0. The molecule has 3 atom stereocenters. The summed E-state index contributed by atoms with van der Waals surface area (Å²) in [5.74, 6) is -5.64. The Bertz CT molecular complexity index is 844. The number of nitrogens with zero attached hydrogens (tertiary/aromatic N) is 1. The minimum Gasteiger partial charge on any atom is -0.451 e. The van der Waals surface area contributed by atoms with Gasteiger partial charge in [0.25, 0.3) is 5.91 Å². The fraction of sp³-hybridized carbons (Fsp3) is 0.368. The molecule has 0 aromatic heterocycles. The van der Waals surface area contributed by atoms with E-state index in [1.54, 1.807) is 0 Å². The van der Waals surface area contributed by atoms with Crippen molar-refractivity contribution in [1.82, 2.24) is 4.90 Å². The quantitative estimate of drug-likeness (QED) is 0.469. The molecule has 1 aromatic carbocycles. The maximum atomic E-state index is 13.2. The van der Waals surface area contributed by atoms with Gasteiger partial charge in [0, 0.05) is 11.8 Å². The average Bonchev–Trinajstić information content (AvgIpc) is 2.90. The molecule has 9 heteroatoms. The highest BCUT2D eigenvalue weighted by atomic mass is 19.2. The number of anilines is 1. The highest BCUT2D eigenvalue weighted by molar-refractivity contribution is 6.07. The van der Waals surface area contributed by atoms with Crippen LogP contribution < -0.4 is 5.32 Å². The van der Waals surface area contributed by atoms with Crippen LogP contribution in [0.3, 0.4) is 0 Å².